The molecule has 1 aliphatic heterocycles. The van der Waals surface area contributed by atoms with E-state index in [9.17, 15) is 14.7 Å². The van der Waals surface area contributed by atoms with Crippen molar-refractivity contribution in [3.8, 4) is 0 Å². The lowest BCUT2D eigenvalue weighted by Crippen LogP contribution is -2.59. The van der Waals surface area contributed by atoms with E-state index in [1.165, 1.54) is 17.7 Å². The molecule has 0 aromatic carbocycles. The summed E-state index contributed by atoms with van der Waals surface area (Å²) < 4.78 is 5.43. The second-order valence-electron chi connectivity index (χ2n) is 7.43. The molecule has 0 bridgehead atoms. The van der Waals surface area contributed by atoms with Crippen LogP contribution in [0.2, 0.25) is 0 Å². The van der Waals surface area contributed by atoms with E-state index >= 15 is 0 Å². The molecule has 0 aromatic heterocycles. The van der Waals surface area contributed by atoms with Gasteiger partial charge in [-0.3, -0.25) is 4.90 Å². The molecule has 2 fully saturated rings. The molecule has 120 valence electrons. The fourth-order valence-corrected chi connectivity index (χ4v) is 3.88. The van der Waals surface area contributed by atoms with Crippen molar-refractivity contribution in [2.45, 2.75) is 77.5 Å². The van der Waals surface area contributed by atoms with Gasteiger partial charge in [0, 0.05) is 6.04 Å². The summed E-state index contributed by atoms with van der Waals surface area (Å²) in [5, 5.41) is 9.51. The van der Waals surface area contributed by atoms with E-state index < -0.39 is 23.7 Å². The minimum Gasteiger partial charge on any atom is -0.480 e. The number of amides is 1. The number of hydrogen-bond donors (Lipinski definition) is 1. The van der Waals surface area contributed by atoms with Crippen molar-refractivity contribution in [2.75, 3.05) is 0 Å². The van der Waals surface area contributed by atoms with Gasteiger partial charge in [-0.05, 0) is 52.4 Å². The van der Waals surface area contributed by atoms with Crippen LogP contribution in [0.25, 0.3) is 0 Å². The summed E-state index contributed by atoms with van der Waals surface area (Å²) in [4.78, 5) is 25.5. The molecule has 2 rings (SSSR count). The summed E-state index contributed by atoms with van der Waals surface area (Å²) in [6.45, 7) is 7.39. The van der Waals surface area contributed by atoms with E-state index in [2.05, 4.69) is 0 Å². The predicted molar refractivity (Wildman–Crippen MR) is 79.0 cm³/mol. The molecule has 2 aliphatic rings. The summed E-state index contributed by atoms with van der Waals surface area (Å²) in [5.74, 6) is -0.0906. The van der Waals surface area contributed by atoms with Gasteiger partial charge < -0.3 is 9.84 Å². The van der Waals surface area contributed by atoms with Crippen LogP contribution in [0.3, 0.4) is 0 Å². The Morgan fingerprint density at radius 3 is 2.38 bits per heavy atom. The van der Waals surface area contributed by atoms with Crippen LogP contribution in [-0.4, -0.2) is 39.8 Å². The summed E-state index contributed by atoms with van der Waals surface area (Å²) in [6, 6.07) is -0.825. The van der Waals surface area contributed by atoms with Gasteiger partial charge in [-0.25, -0.2) is 9.59 Å². The van der Waals surface area contributed by atoms with Crippen LogP contribution in [-0.2, 0) is 9.53 Å². The lowest BCUT2D eigenvalue weighted by atomic mass is 9.69. The van der Waals surface area contributed by atoms with Crippen molar-refractivity contribution in [2.24, 2.45) is 11.8 Å². The maximum Gasteiger partial charge on any atom is 0.411 e. The highest BCUT2D eigenvalue weighted by atomic mass is 16.6. The highest BCUT2D eigenvalue weighted by Gasteiger charge is 2.47. The highest BCUT2D eigenvalue weighted by Crippen LogP contribution is 2.42. The SMILES string of the molecule is CC1C2CCCCC2CC(C(=O)O)N1C(=O)OC(C)(C)C. The third kappa shape index (κ3) is 3.50. The van der Waals surface area contributed by atoms with E-state index in [1.807, 2.05) is 6.92 Å². The second kappa shape index (κ2) is 5.85. The first-order valence-electron chi connectivity index (χ1n) is 7.95. The van der Waals surface area contributed by atoms with E-state index in [1.54, 1.807) is 20.8 Å². The first-order valence-corrected chi connectivity index (χ1v) is 7.95. The van der Waals surface area contributed by atoms with Gasteiger partial charge in [0.15, 0.2) is 0 Å². The minimum absolute atomic E-state index is 0.0694. The first-order chi connectivity index (χ1) is 9.70. The van der Waals surface area contributed by atoms with Gasteiger partial charge in [0.2, 0.25) is 0 Å². The van der Waals surface area contributed by atoms with Crippen molar-refractivity contribution >= 4 is 12.1 Å². The number of piperidine rings is 1. The van der Waals surface area contributed by atoms with Crippen LogP contribution in [0.1, 0.15) is 59.8 Å². The Balaban J connectivity index is 2.22. The highest BCUT2D eigenvalue weighted by molar-refractivity contribution is 5.80. The van der Waals surface area contributed by atoms with Crippen LogP contribution in [0, 0.1) is 11.8 Å². The second-order valence-corrected chi connectivity index (χ2v) is 7.43. The van der Waals surface area contributed by atoms with Gasteiger partial charge in [-0.1, -0.05) is 19.3 Å². The summed E-state index contributed by atoms with van der Waals surface area (Å²) in [5.41, 5.74) is -0.608. The third-order valence-corrected chi connectivity index (χ3v) is 4.78. The number of hydrogen-bond acceptors (Lipinski definition) is 3. The van der Waals surface area contributed by atoms with Gasteiger partial charge in [-0.15, -0.1) is 0 Å². The van der Waals surface area contributed by atoms with Gasteiger partial charge in [-0.2, -0.15) is 0 Å². The summed E-state index contributed by atoms with van der Waals surface area (Å²) in [7, 11) is 0. The van der Waals surface area contributed by atoms with Crippen molar-refractivity contribution in [3.63, 3.8) is 0 Å². The van der Waals surface area contributed by atoms with Crippen LogP contribution in [0.15, 0.2) is 0 Å². The maximum atomic E-state index is 12.5. The van der Waals surface area contributed by atoms with Crippen molar-refractivity contribution in [1.29, 1.82) is 0 Å². The molecule has 0 aromatic rings. The van der Waals surface area contributed by atoms with Crippen LogP contribution >= 0.6 is 0 Å². The van der Waals surface area contributed by atoms with Crippen molar-refractivity contribution in [3.05, 3.63) is 0 Å². The van der Waals surface area contributed by atoms with Gasteiger partial charge in [0.1, 0.15) is 11.6 Å². The zero-order valence-corrected chi connectivity index (χ0v) is 13.5. The lowest BCUT2D eigenvalue weighted by Gasteiger charge is -2.49. The average Bonchev–Trinajstić information content (AvgIpc) is 2.36. The molecule has 5 nitrogen and oxygen atoms in total. The number of carboxylic acids is 1. The number of carboxylic acid groups (broad SMARTS) is 1. The van der Waals surface area contributed by atoms with E-state index in [0.717, 1.165) is 12.8 Å². The smallest absolute Gasteiger partial charge is 0.411 e. The molecule has 21 heavy (non-hydrogen) atoms. The number of carbonyl (C=O) groups excluding carboxylic acids is 1. The number of fused-ring (bicyclic) bond motifs is 1. The van der Waals surface area contributed by atoms with Crippen LogP contribution in [0.4, 0.5) is 4.79 Å². The van der Waals surface area contributed by atoms with Crippen LogP contribution in [0.5, 0.6) is 0 Å². The Bertz CT molecular complexity index is 415. The quantitative estimate of drug-likeness (QED) is 0.806. The van der Waals surface area contributed by atoms with E-state index in [4.69, 9.17) is 4.74 Å². The normalized spacial score (nSPS) is 33.2. The fraction of sp³-hybridized carbons (Fsp3) is 0.875. The standard InChI is InChI=1S/C16H27NO4/c1-10-12-8-6-5-7-11(12)9-13(14(18)19)17(10)15(20)21-16(2,3)4/h10-13H,5-9H2,1-4H3,(H,18,19). The van der Waals surface area contributed by atoms with Gasteiger partial charge in [0.25, 0.3) is 0 Å². The molecule has 0 radical (unpaired) electrons. The number of nitrogens with zero attached hydrogens (tertiary/aromatic N) is 1. The lowest BCUT2D eigenvalue weighted by molar-refractivity contribution is -0.149. The molecule has 1 saturated heterocycles. The number of ether oxygens (including phenoxy) is 1. The predicted octanol–water partition coefficient (Wildman–Crippen LogP) is 3.28. The summed E-state index contributed by atoms with van der Waals surface area (Å²) >= 11 is 0. The Morgan fingerprint density at radius 1 is 1.19 bits per heavy atom. The number of rotatable bonds is 1. The first kappa shape index (κ1) is 16.1. The molecular formula is C16H27NO4. The monoisotopic (exact) mass is 297 g/mol. The number of carbonyl (C=O) groups is 2. The molecule has 5 heteroatoms. The van der Waals surface area contributed by atoms with E-state index in [0.29, 0.717) is 18.3 Å². The molecule has 1 N–H and O–H groups in total. The zero-order valence-electron chi connectivity index (χ0n) is 13.5. The van der Waals surface area contributed by atoms with Gasteiger partial charge in [0.05, 0.1) is 0 Å². The Kier molecular flexibility index (Phi) is 4.49. The molecular weight excluding hydrogens is 270 g/mol. The number of likely N-dealkylation sites (tertiary alicyclic amines) is 1. The Labute approximate surface area is 126 Å². The number of aliphatic carboxylic acids is 1. The molecule has 1 aliphatic carbocycles. The summed E-state index contributed by atoms with van der Waals surface area (Å²) in [6.07, 6.45) is 4.58. The van der Waals surface area contributed by atoms with Crippen molar-refractivity contribution < 1.29 is 19.4 Å². The van der Waals surface area contributed by atoms with Crippen molar-refractivity contribution in [1.82, 2.24) is 4.90 Å². The molecule has 4 unspecified atom stereocenters. The molecule has 1 heterocycles. The minimum atomic E-state index is -0.920. The molecule has 4 atom stereocenters. The fourth-order valence-electron chi connectivity index (χ4n) is 3.88. The molecule has 0 spiro atoms. The zero-order chi connectivity index (χ0) is 15.8. The third-order valence-electron chi connectivity index (χ3n) is 4.78. The van der Waals surface area contributed by atoms with E-state index in [-0.39, 0.29) is 6.04 Å². The largest absolute Gasteiger partial charge is 0.480 e. The molecule has 1 saturated carbocycles. The molecule has 1 amide bonds. The topological polar surface area (TPSA) is 66.8 Å². The van der Waals surface area contributed by atoms with Gasteiger partial charge >= 0.3 is 12.1 Å². The average molecular weight is 297 g/mol. The maximum absolute atomic E-state index is 12.5. The van der Waals surface area contributed by atoms with Crippen LogP contribution < -0.4 is 0 Å². The Morgan fingerprint density at radius 2 is 1.81 bits per heavy atom. The Hall–Kier alpha value is -1.26.